The molecule has 1 aliphatic heterocycles. The van der Waals surface area contributed by atoms with E-state index in [4.69, 9.17) is 0 Å². The lowest BCUT2D eigenvalue weighted by Gasteiger charge is -2.33. The van der Waals surface area contributed by atoms with Crippen LogP contribution < -0.4 is 10.2 Å². The summed E-state index contributed by atoms with van der Waals surface area (Å²) in [4.78, 5) is 2.39. The van der Waals surface area contributed by atoms with Crippen LogP contribution in [0, 0.1) is 5.92 Å². The van der Waals surface area contributed by atoms with Gasteiger partial charge >= 0.3 is 0 Å². The van der Waals surface area contributed by atoms with Gasteiger partial charge in [0.2, 0.25) is 0 Å². The van der Waals surface area contributed by atoms with Crippen LogP contribution in [0.2, 0.25) is 0 Å². The fraction of sp³-hybridized carbons (Fsp3) is 0.467. The van der Waals surface area contributed by atoms with Gasteiger partial charge in [-0.2, -0.15) is 5.10 Å². The smallest absolute Gasteiger partial charge is 0.159 e. The topological polar surface area (TPSA) is 41.0 Å². The standard InChI is InChI=1S/C15H20N4/c1-16-9-12-5-4-8-19(11-12)15-14-7-3-2-6-13(14)10-17-18-15/h2-3,6-7,10,12,16H,4-5,8-9,11H2,1H3. The maximum Gasteiger partial charge on any atom is 0.159 e. The van der Waals surface area contributed by atoms with Crippen molar-refractivity contribution < 1.29 is 0 Å². The van der Waals surface area contributed by atoms with Crippen LogP contribution in [-0.2, 0) is 0 Å². The van der Waals surface area contributed by atoms with Crippen LogP contribution in [0.4, 0.5) is 5.82 Å². The van der Waals surface area contributed by atoms with E-state index < -0.39 is 0 Å². The number of fused-ring (bicyclic) bond motifs is 1. The Morgan fingerprint density at radius 2 is 2.26 bits per heavy atom. The van der Waals surface area contributed by atoms with Crippen molar-refractivity contribution >= 4 is 16.6 Å². The zero-order valence-electron chi connectivity index (χ0n) is 11.3. The van der Waals surface area contributed by atoms with Crippen LogP contribution in [0.3, 0.4) is 0 Å². The Kier molecular flexibility index (Phi) is 3.60. The first-order valence-electron chi connectivity index (χ1n) is 6.98. The minimum absolute atomic E-state index is 0.708. The Hall–Kier alpha value is -1.68. The van der Waals surface area contributed by atoms with Crippen molar-refractivity contribution in [2.75, 3.05) is 31.6 Å². The van der Waals surface area contributed by atoms with E-state index in [1.165, 1.54) is 23.6 Å². The second kappa shape index (κ2) is 5.53. The fourth-order valence-electron chi connectivity index (χ4n) is 2.96. The van der Waals surface area contributed by atoms with Crippen molar-refractivity contribution in [3.8, 4) is 0 Å². The number of piperidine rings is 1. The Morgan fingerprint density at radius 1 is 1.37 bits per heavy atom. The molecule has 1 fully saturated rings. The Balaban J connectivity index is 1.91. The molecule has 0 bridgehead atoms. The van der Waals surface area contributed by atoms with Crippen LogP contribution in [-0.4, -0.2) is 36.9 Å². The normalized spacial score (nSPS) is 19.8. The average molecular weight is 256 g/mol. The van der Waals surface area contributed by atoms with E-state index >= 15 is 0 Å². The number of rotatable bonds is 3. The highest BCUT2D eigenvalue weighted by molar-refractivity contribution is 5.91. The molecule has 1 saturated heterocycles. The maximum absolute atomic E-state index is 4.38. The largest absolute Gasteiger partial charge is 0.354 e. The molecule has 0 spiro atoms. The Labute approximate surface area is 113 Å². The second-order valence-electron chi connectivity index (χ2n) is 5.27. The summed E-state index contributed by atoms with van der Waals surface area (Å²) in [5.74, 6) is 1.75. The molecule has 19 heavy (non-hydrogen) atoms. The number of anilines is 1. The average Bonchev–Trinajstić information content (AvgIpc) is 2.47. The van der Waals surface area contributed by atoms with E-state index in [0.717, 1.165) is 25.5 Å². The molecule has 1 unspecified atom stereocenters. The number of nitrogens with zero attached hydrogens (tertiary/aromatic N) is 3. The van der Waals surface area contributed by atoms with Crippen molar-refractivity contribution in [3.63, 3.8) is 0 Å². The van der Waals surface area contributed by atoms with Crippen molar-refractivity contribution in [3.05, 3.63) is 30.5 Å². The molecule has 1 aromatic heterocycles. The van der Waals surface area contributed by atoms with Gasteiger partial charge in [0, 0.05) is 23.9 Å². The van der Waals surface area contributed by atoms with Gasteiger partial charge in [0.25, 0.3) is 0 Å². The van der Waals surface area contributed by atoms with Crippen molar-refractivity contribution in [2.24, 2.45) is 5.92 Å². The molecule has 1 atom stereocenters. The highest BCUT2D eigenvalue weighted by atomic mass is 15.3. The highest BCUT2D eigenvalue weighted by Gasteiger charge is 2.21. The first-order chi connectivity index (χ1) is 9.38. The van der Waals surface area contributed by atoms with Crippen LogP contribution in [0.15, 0.2) is 30.5 Å². The molecule has 100 valence electrons. The summed E-state index contributed by atoms with van der Waals surface area (Å²) in [6.07, 6.45) is 4.38. The summed E-state index contributed by atoms with van der Waals surface area (Å²) in [7, 11) is 2.02. The molecule has 2 heterocycles. The molecule has 0 radical (unpaired) electrons. The van der Waals surface area contributed by atoms with Gasteiger partial charge in [0.1, 0.15) is 0 Å². The number of benzene rings is 1. The number of hydrogen-bond acceptors (Lipinski definition) is 4. The van der Waals surface area contributed by atoms with Gasteiger partial charge in [-0.1, -0.05) is 24.3 Å². The van der Waals surface area contributed by atoms with Crippen LogP contribution in [0.1, 0.15) is 12.8 Å². The summed E-state index contributed by atoms with van der Waals surface area (Å²) in [5.41, 5.74) is 0. The van der Waals surface area contributed by atoms with Crippen LogP contribution in [0.5, 0.6) is 0 Å². The maximum atomic E-state index is 4.38. The fourth-order valence-corrected chi connectivity index (χ4v) is 2.96. The van der Waals surface area contributed by atoms with Crippen molar-refractivity contribution in [2.45, 2.75) is 12.8 Å². The third kappa shape index (κ3) is 2.54. The number of hydrogen-bond donors (Lipinski definition) is 1. The van der Waals surface area contributed by atoms with Gasteiger partial charge in [0.15, 0.2) is 5.82 Å². The van der Waals surface area contributed by atoms with Crippen LogP contribution >= 0.6 is 0 Å². The third-order valence-corrected chi connectivity index (χ3v) is 3.86. The van der Waals surface area contributed by atoms with E-state index in [1.54, 1.807) is 0 Å². The molecule has 4 heteroatoms. The minimum atomic E-state index is 0.708. The zero-order chi connectivity index (χ0) is 13.1. The van der Waals surface area contributed by atoms with Crippen LogP contribution in [0.25, 0.3) is 10.8 Å². The Morgan fingerprint density at radius 3 is 3.16 bits per heavy atom. The van der Waals surface area contributed by atoms with Gasteiger partial charge in [-0.15, -0.1) is 5.10 Å². The third-order valence-electron chi connectivity index (χ3n) is 3.86. The SMILES string of the molecule is CNCC1CCCN(c2nncc3ccccc23)C1. The van der Waals surface area contributed by atoms with Crippen molar-refractivity contribution in [1.82, 2.24) is 15.5 Å². The van der Waals surface area contributed by atoms with Gasteiger partial charge < -0.3 is 10.2 Å². The molecule has 0 amide bonds. The van der Waals surface area contributed by atoms with Crippen molar-refractivity contribution in [1.29, 1.82) is 0 Å². The summed E-state index contributed by atoms with van der Waals surface area (Å²) in [6.45, 7) is 3.24. The summed E-state index contributed by atoms with van der Waals surface area (Å²) >= 11 is 0. The van der Waals surface area contributed by atoms with E-state index in [9.17, 15) is 0 Å². The first-order valence-corrected chi connectivity index (χ1v) is 6.98. The van der Waals surface area contributed by atoms with E-state index in [0.29, 0.717) is 5.92 Å². The quantitative estimate of drug-likeness (QED) is 0.912. The van der Waals surface area contributed by atoms with Gasteiger partial charge in [-0.3, -0.25) is 0 Å². The molecule has 1 aromatic carbocycles. The molecular formula is C15H20N4. The van der Waals surface area contributed by atoms with Gasteiger partial charge in [-0.25, -0.2) is 0 Å². The number of nitrogens with one attached hydrogen (secondary N) is 1. The van der Waals surface area contributed by atoms with E-state index in [2.05, 4.69) is 38.6 Å². The lowest BCUT2D eigenvalue weighted by atomic mass is 9.97. The second-order valence-corrected chi connectivity index (χ2v) is 5.27. The molecule has 4 nitrogen and oxygen atoms in total. The lowest BCUT2D eigenvalue weighted by molar-refractivity contribution is 0.401. The van der Waals surface area contributed by atoms with E-state index in [1.807, 2.05) is 19.3 Å². The molecule has 1 aliphatic rings. The zero-order valence-corrected chi connectivity index (χ0v) is 11.3. The number of aromatic nitrogens is 2. The van der Waals surface area contributed by atoms with Gasteiger partial charge in [-0.05, 0) is 32.4 Å². The first kappa shape index (κ1) is 12.4. The molecular weight excluding hydrogens is 236 g/mol. The molecule has 2 aromatic rings. The van der Waals surface area contributed by atoms with Gasteiger partial charge in [0.05, 0.1) is 6.20 Å². The molecule has 0 aliphatic carbocycles. The molecule has 0 saturated carbocycles. The summed E-state index contributed by atoms with van der Waals surface area (Å²) < 4.78 is 0. The summed E-state index contributed by atoms with van der Waals surface area (Å²) in [5, 5.41) is 14.2. The summed E-state index contributed by atoms with van der Waals surface area (Å²) in [6, 6.07) is 8.36. The molecule has 3 rings (SSSR count). The predicted molar refractivity (Wildman–Crippen MR) is 78.4 cm³/mol. The lowest BCUT2D eigenvalue weighted by Crippen LogP contribution is -2.39. The predicted octanol–water partition coefficient (Wildman–Crippen LogP) is 2.07. The minimum Gasteiger partial charge on any atom is -0.354 e. The molecule has 1 N–H and O–H groups in total. The monoisotopic (exact) mass is 256 g/mol. The highest BCUT2D eigenvalue weighted by Crippen LogP contribution is 2.27. The van der Waals surface area contributed by atoms with E-state index in [-0.39, 0.29) is 0 Å². The Bertz CT molecular complexity index is 547.